The summed E-state index contributed by atoms with van der Waals surface area (Å²) >= 11 is 0. The number of pyridine rings is 1. The first-order valence-corrected chi connectivity index (χ1v) is 11.6. The summed E-state index contributed by atoms with van der Waals surface area (Å²) in [7, 11) is 0. The van der Waals surface area contributed by atoms with Crippen LogP contribution in [-0.2, 0) is 22.7 Å². The number of benzene rings is 1. The Bertz CT molecular complexity index is 1340. The maximum absolute atomic E-state index is 15.4. The van der Waals surface area contributed by atoms with Gasteiger partial charge in [-0.25, -0.2) is 9.37 Å². The smallest absolute Gasteiger partial charge is 0.255 e. The van der Waals surface area contributed by atoms with Crippen LogP contribution in [0.4, 0.5) is 4.39 Å². The zero-order valence-electron chi connectivity index (χ0n) is 18.6. The van der Waals surface area contributed by atoms with Crippen molar-refractivity contribution in [3.8, 4) is 11.3 Å². The number of carbonyl (C=O) groups excluding carboxylic acids is 3. The number of nitrogens with zero attached hydrogens (tertiary/aromatic N) is 4. The van der Waals surface area contributed by atoms with Crippen LogP contribution in [0, 0.1) is 5.82 Å². The van der Waals surface area contributed by atoms with Gasteiger partial charge >= 0.3 is 0 Å². The van der Waals surface area contributed by atoms with Crippen molar-refractivity contribution in [3.05, 3.63) is 59.3 Å². The number of hydrogen-bond donors (Lipinski definition) is 1. The van der Waals surface area contributed by atoms with E-state index in [1.165, 1.54) is 23.8 Å². The van der Waals surface area contributed by atoms with Gasteiger partial charge in [0.05, 0.1) is 23.7 Å². The van der Waals surface area contributed by atoms with Gasteiger partial charge in [0.25, 0.3) is 5.91 Å². The monoisotopic (exact) mass is 461 g/mol. The van der Waals surface area contributed by atoms with Crippen LogP contribution in [0.1, 0.15) is 47.2 Å². The maximum atomic E-state index is 15.4. The third-order valence-electron chi connectivity index (χ3n) is 7.07. The van der Waals surface area contributed by atoms with Crippen molar-refractivity contribution in [2.75, 3.05) is 13.1 Å². The first-order chi connectivity index (χ1) is 16.5. The zero-order chi connectivity index (χ0) is 23.4. The van der Waals surface area contributed by atoms with Crippen LogP contribution in [0.5, 0.6) is 0 Å². The third-order valence-corrected chi connectivity index (χ3v) is 7.07. The standard InChI is InChI=1S/C25H24FN5O3/c26-20-10-18-16(13-30(25(18)34)21-3-4-23(32)28-24(21)33)9-19(20)22-8-15(12-29-5-1-2-6-29)7-17-11-27-14-31(17)22/h7-11,14,21H,1-6,12-13H2,(H,28,32,33). The van der Waals surface area contributed by atoms with Crippen molar-refractivity contribution in [3.63, 3.8) is 0 Å². The highest BCUT2D eigenvalue weighted by atomic mass is 19.1. The first kappa shape index (κ1) is 21.0. The molecule has 0 radical (unpaired) electrons. The molecule has 0 saturated carbocycles. The third kappa shape index (κ3) is 3.47. The van der Waals surface area contributed by atoms with Crippen LogP contribution in [0.25, 0.3) is 16.8 Å². The fourth-order valence-electron chi connectivity index (χ4n) is 5.37. The second kappa shape index (κ2) is 8.02. The predicted molar refractivity (Wildman–Crippen MR) is 121 cm³/mol. The lowest BCUT2D eigenvalue weighted by Gasteiger charge is -2.29. The molecule has 1 unspecified atom stereocenters. The fourth-order valence-corrected chi connectivity index (χ4v) is 5.37. The SMILES string of the molecule is O=C1CCC(N2Cc3cc(-c4cc(CN5CCCC5)cc5cncn45)c(F)cc3C2=O)C(=O)N1. The molecule has 1 atom stereocenters. The highest BCUT2D eigenvalue weighted by Gasteiger charge is 2.39. The number of rotatable bonds is 4. The minimum Gasteiger partial charge on any atom is -0.322 e. The van der Waals surface area contributed by atoms with E-state index in [0.717, 1.165) is 30.7 Å². The van der Waals surface area contributed by atoms with E-state index in [2.05, 4.69) is 21.3 Å². The van der Waals surface area contributed by atoms with E-state index in [9.17, 15) is 14.4 Å². The number of halogens is 1. The number of imidazole rings is 1. The molecular weight excluding hydrogens is 437 g/mol. The van der Waals surface area contributed by atoms with Crippen molar-refractivity contribution in [1.29, 1.82) is 0 Å². The maximum Gasteiger partial charge on any atom is 0.255 e. The number of fused-ring (bicyclic) bond motifs is 2. The minimum absolute atomic E-state index is 0.179. The molecule has 0 aliphatic carbocycles. The Morgan fingerprint density at radius 3 is 2.68 bits per heavy atom. The van der Waals surface area contributed by atoms with Crippen LogP contribution in [0.2, 0.25) is 0 Å². The van der Waals surface area contributed by atoms with E-state index >= 15 is 4.39 Å². The van der Waals surface area contributed by atoms with Crippen molar-refractivity contribution in [1.82, 2.24) is 24.5 Å². The van der Waals surface area contributed by atoms with Gasteiger partial charge in [-0.1, -0.05) is 0 Å². The van der Waals surface area contributed by atoms with Gasteiger partial charge in [-0.3, -0.25) is 29.0 Å². The van der Waals surface area contributed by atoms with E-state index in [1.54, 1.807) is 18.6 Å². The number of aromatic nitrogens is 2. The molecule has 9 heteroatoms. The lowest BCUT2D eigenvalue weighted by atomic mass is 10.0. The normalized spacial score (nSPS) is 20.9. The average Bonchev–Trinajstić information content (AvgIpc) is 3.55. The van der Waals surface area contributed by atoms with Gasteiger partial charge in [0, 0.05) is 30.6 Å². The summed E-state index contributed by atoms with van der Waals surface area (Å²) in [6, 6.07) is 6.33. The molecule has 3 aliphatic heterocycles. The molecule has 3 aliphatic rings. The lowest BCUT2D eigenvalue weighted by molar-refractivity contribution is -0.136. The summed E-state index contributed by atoms with van der Waals surface area (Å²) < 4.78 is 17.3. The first-order valence-electron chi connectivity index (χ1n) is 11.6. The molecule has 2 aromatic heterocycles. The van der Waals surface area contributed by atoms with Crippen molar-refractivity contribution >= 4 is 23.2 Å². The Morgan fingerprint density at radius 1 is 1.06 bits per heavy atom. The second-order valence-corrected chi connectivity index (χ2v) is 9.31. The van der Waals surface area contributed by atoms with Gasteiger partial charge < -0.3 is 4.90 Å². The number of carbonyl (C=O) groups is 3. The second-order valence-electron chi connectivity index (χ2n) is 9.31. The van der Waals surface area contributed by atoms with E-state index in [4.69, 9.17) is 0 Å². The molecule has 1 aromatic carbocycles. The largest absolute Gasteiger partial charge is 0.322 e. The Morgan fingerprint density at radius 2 is 1.88 bits per heavy atom. The summed E-state index contributed by atoms with van der Waals surface area (Å²) in [6.45, 7) is 3.12. The topological polar surface area (TPSA) is 87.0 Å². The Balaban J connectivity index is 1.37. The number of hydrogen-bond acceptors (Lipinski definition) is 5. The molecule has 0 bridgehead atoms. The minimum atomic E-state index is -0.728. The van der Waals surface area contributed by atoms with Gasteiger partial charge in [0.1, 0.15) is 11.9 Å². The summed E-state index contributed by atoms with van der Waals surface area (Å²) in [5, 5.41) is 2.29. The molecular formula is C25H24FN5O3. The van der Waals surface area contributed by atoms with Crippen molar-refractivity contribution in [2.45, 2.75) is 44.8 Å². The Hall–Kier alpha value is -3.59. The van der Waals surface area contributed by atoms with Crippen molar-refractivity contribution < 1.29 is 18.8 Å². The van der Waals surface area contributed by atoms with Crippen molar-refractivity contribution in [2.24, 2.45) is 0 Å². The van der Waals surface area contributed by atoms with Crippen LogP contribution >= 0.6 is 0 Å². The molecule has 2 fully saturated rings. The van der Waals surface area contributed by atoms with E-state index in [1.807, 2.05) is 10.5 Å². The molecule has 3 aromatic rings. The van der Waals surface area contributed by atoms with E-state index < -0.39 is 17.8 Å². The van der Waals surface area contributed by atoms with Crippen LogP contribution in [-0.4, -0.2) is 56.0 Å². The highest BCUT2D eigenvalue weighted by Crippen LogP contribution is 2.34. The van der Waals surface area contributed by atoms with Gasteiger partial charge in [0.2, 0.25) is 11.8 Å². The van der Waals surface area contributed by atoms with E-state index in [0.29, 0.717) is 16.8 Å². The summed E-state index contributed by atoms with van der Waals surface area (Å²) in [4.78, 5) is 44.9. The Kier molecular flexibility index (Phi) is 4.95. The van der Waals surface area contributed by atoms with Crippen LogP contribution < -0.4 is 5.32 Å². The molecule has 6 rings (SSSR count). The summed E-state index contributed by atoms with van der Waals surface area (Å²) in [5.74, 6) is -1.69. The van der Waals surface area contributed by atoms with Gasteiger partial charge in [-0.15, -0.1) is 0 Å². The number of amides is 3. The van der Waals surface area contributed by atoms with Gasteiger partial charge in [-0.2, -0.15) is 0 Å². The lowest BCUT2D eigenvalue weighted by Crippen LogP contribution is -2.52. The van der Waals surface area contributed by atoms with E-state index in [-0.39, 0.29) is 36.8 Å². The molecule has 2 saturated heterocycles. The molecule has 3 amide bonds. The Labute approximate surface area is 195 Å². The van der Waals surface area contributed by atoms with Gasteiger partial charge in [0.15, 0.2) is 0 Å². The van der Waals surface area contributed by atoms with Gasteiger partial charge in [-0.05, 0) is 67.7 Å². The molecule has 34 heavy (non-hydrogen) atoms. The number of piperidine rings is 1. The number of likely N-dealkylation sites (tertiary alicyclic amines) is 1. The quantitative estimate of drug-likeness (QED) is 0.604. The zero-order valence-corrected chi connectivity index (χ0v) is 18.6. The number of imide groups is 1. The molecule has 0 spiro atoms. The molecule has 8 nitrogen and oxygen atoms in total. The van der Waals surface area contributed by atoms with Crippen LogP contribution in [0.15, 0.2) is 36.8 Å². The highest BCUT2D eigenvalue weighted by molar-refractivity contribution is 6.05. The molecule has 5 heterocycles. The van der Waals surface area contributed by atoms with Crippen LogP contribution in [0.3, 0.4) is 0 Å². The summed E-state index contributed by atoms with van der Waals surface area (Å²) in [5.41, 5.74) is 3.98. The fraction of sp³-hybridized carbons (Fsp3) is 0.360. The average molecular weight is 461 g/mol. The molecule has 1 N–H and O–H groups in total. The number of nitrogens with one attached hydrogen (secondary N) is 1. The molecule has 174 valence electrons. The predicted octanol–water partition coefficient (Wildman–Crippen LogP) is 2.50. The summed E-state index contributed by atoms with van der Waals surface area (Å²) in [6.07, 6.45) is 6.26.